The molecule has 0 aromatic heterocycles. The zero-order chi connectivity index (χ0) is 38.7. The summed E-state index contributed by atoms with van der Waals surface area (Å²) in [5.74, 6) is -1.04. The first-order valence-corrected chi connectivity index (χ1v) is 21.4. The number of esters is 3. The average molecular weight is 739 g/mol. The molecule has 0 aliphatic rings. The highest BCUT2D eigenvalue weighted by atomic mass is 16.6. The Labute approximate surface area is 325 Å². The molecule has 6 heteroatoms. The summed E-state index contributed by atoms with van der Waals surface area (Å²) in [6.07, 6.45) is 50.5. The molecule has 0 spiro atoms. The average Bonchev–Trinajstić information content (AvgIpc) is 3.15. The monoisotopic (exact) mass is 739 g/mol. The van der Waals surface area contributed by atoms with Crippen LogP contribution in [0.1, 0.15) is 188 Å². The minimum Gasteiger partial charge on any atom is -0.462 e. The van der Waals surface area contributed by atoms with Gasteiger partial charge in [0, 0.05) is 19.3 Å². The molecule has 0 fully saturated rings. The van der Waals surface area contributed by atoms with Crippen LogP contribution in [0.4, 0.5) is 0 Å². The molecular formula is C47H78O6. The summed E-state index contributed by atoms with van der Waals surface area (Å²) in [7, 11) is 0. The molecule has 302 valence electrons. The number of ether oxygens (including phenoxy) is 3. The van der Waals surface area contributed by atoms with E-state index in [1.54, 1.807) is 0 Å². The number of hydrogen-bond acceptors (Lipinski definition) is 6. The Hall–Kier alpha value is -3.15. The highest BCUT2D eigenvalue weighted by Gasteiger charge is 2.19. The van der Waals surface area contributed by atoms with Crippen molar-refractivity contribution in [1.29, 1.82) is 0 Å². The molecule has 0 saturated carbocycles. The highest BCUT2D eigenvalue weighted by Crippen LogP contribution is 2.13. The van der Waals surface area contributed by atoms with E-state index in [0.29, 0.717) is 25.7 Å². The number of carbonyl (C=O) groups is 3. The molecule has 0 bridgehead atoms. The van der Waals surface area contributed by atoms with Crippen molar-refractivity contribution < 1.29 is 28.6 Å². The van der Waals surface area contributed by atoms with Gasteiger partial charge < -0.3 is 14.2 Å². The normalized spacial score (nSPS) is 12.7. The van der Waals surface area contributed by atoms with Crippen molar-refractivity contribution >= 4 is 17.9 Å². The summed E-state index contributed by atoms with van der Waals surface area (Å²) in [6, 6.07) is 0. The van der Waals surface area contributed by atoms with Gasteiger partial charge in [-0.3, -0.25) is 14.4 Å². The minimum atomic E-state index is -0.810. The molecule has 0 rings (SSSR count). The van der Waals surface area contributed by atoms with Crippen LogP contribution in [0.15, 0.2) is 72.9 Å². The maximum atomic E-state index is 12.6. The van der Waals surface area contributed by atoms with Crippen LogP contribution in [0.5, 0.6) is 0 Å². The Bertz CT molecular complexity index is 1030. The number of hydrogen-bond donors (Lipinski definition) is 0. The first kappa shape index (κ1) is 49.9. The molecule has 0 aromatic carbocycles. The van der Waals surface area contributed by atoms with Gasteiger partial charge in [-0.15, -0.1) is 0 Å². The van der Waals surface area contributed by atoms with Crippen LogP contribution in [0, 0.1) is 0 Å². The molecule has 0 aliphatic heterocycles. The number of allylic oxidation sites excluding steroid dienone is 12. The van der Waals surface area contributed by atoms with Crippen LogP contribution in [0.2, 0.25) is 0 Å². The van der Waals surface area contributed by atoms with Crippen LogP contribution in [0.3, 0.4) is 0 Å². The molecule has 0 N–H and O–H groups in total. The summed E-state index contributed by atoms with van der Waals surface area (Å²) in [5, 5.41) is 0. The van der Waals surface area contributed by atoms with Gasteiger partial charge in [0.05, 0.1) is 0 Å². The Morgan fingerprint density at radius 1 is 0.396 bits per heavy atom. The molecular weight excluding hydrogens is 661 g/mol. The van der Waals surface area contributed by atoms with Crippen molar-refractivity contribution in [1.82, 2.24) is 0 Å². The van der Waals surface area contributed by atoms with Gasteiger partial charge in [0.2, 0.25) is 0 Å². The first-order chi connectivity index (χ1) is 26.0. The van der Waals surface area contributed by atoms with Crippen molar-refractivity contribution in [2.24, 2.45) is 0 Å². The summed E-state index contributed by atoms with van der Waals surface area (Å²) >= 11 is 0. The van der Waals surface area contributed by atoms with Gasteiger partial charge in [0.25, 0.3) is 0 Å². The molecule has 0 amide bonds. The second kappa shape index (κ2) is 41.6. The standard InChI is InChI=1S/C47H78O6/c1-4-7-10-13-16-19-21-22-23-24-25-26-29-31-34-37-40-46(49)52-43-44(42-51-45(48)39-36-33-30-27-18-15-12-9-6-3)53-47(50)41-38-35-32-28-20-17-14-11-8-5-2/h7,10,16,19,22-23,25-27,30-31,34,44H,4-6,8-9,11-15,17-18,20-21,24,28-29,32-33,35-43H2,1-3H3/b10-7-,19-16-,23-22-,26-25-,30-27-,34-31-. The lowest BCUT2D eigenvalue weighted by atomic mass is 10.1. The van der Waals surface area contributed by atoms with Crippen molar-refractivity contribution in [3.05, 3.63) is 72.9 Å². The zero-order valence-electron chi connectivity index (χ0n) is 34.3. The fourth-order valence-corrected chi connectivity index (χ4v) is 5.49. The lowest BCUT2D eigenvalue weighted by Gasteiger charge is -2.18. The van der Waals surface area contributed by atoms with E-state index in [0.717, 1.165) is 64.2 Å². The van der Waals surface area contributed by atoms with Crippen molar-refractivity contribution in [2.45, 2.75) is 194 Å². The predicted molar refractivity (Wildman–Crippen MR) is 224 cm³/mol. The van der Waals surface area contributed by atoms with Crippen LogP contribution >= 0.6 is 0 Å². The van der Waals surface area contributed by atoms with Gasteiger partial charge in [-0.2, -0.15) is 0 Å². The molecule has 6 nitrogen and oxygen atoms in total. The van der Waals surface area contributed by atoms with E-state index >= 15 is 0 Å². The molecule has 0 heterocycles. The molecule has 53 heavy (non-hydrogen) atoms. The topological polar surface area (TPSA) is 78.9 Å². The lowest BCUT2D eigenvalue weighted by molar-refractivity contribution is -0.166. The first-order valence-electron chi connectivity index (χ1n) is 21.4. The number of unbranched alkanes of at least 4 members (excludes halogenated alkanes) is 14. The minimum absolute atomic E-state index is 0.113. The van der Waals surface area contributed by atoms with E-state index in [2.05, 4.69) is 81.5 Å². The van der Waals surface area contributed by atoms with Gasteiger partial charge in [-0.25, -0.2) is 0 Å². The number of rotatable bonds is 37. The van der Waals surface area contributed by atoms with Gasteiger partial charge in [-0.05, 0) is 70.6 Å². The Morgan fingerprint density at radius 3 is 1.32 bits per heavy atom. The summed E-state index contributed by atoms with van der Waals surface area (Å²) in [6.45, 7) is 6.35. The van der Waals surface area contributed by atoms with Crippen LogP contribution < -0.4 is 0 Å². The molecule has 0 radical (unpaired) electrons. The summed E-state index contributed by atoms with van der Waals surface area (Å²) < 4.78 is 16.5. The van der Waals surface area contributed by atoms with Gasteiger partial charge in [0.1, 0.15) is 13.2 Å². The van der Waals surface area contributed by atoms with Crippen molar-refractivity contribution in [2.75, 3.05) is 13.2 Å². The third kappa shape index (κ3) is 39.9. The maximum absolute atomic E-state index is 12.6. The zero-order valence-corrected chi connectivity index (χ0v) is 34.3. The van der Waals surface area contributed by atoms with Crippen molar-refractivity contribution in [3.8, 4) is 0 Å². The quantitative estimate of drug-likeness (QED) is 0.0273. The maximum Gasteiger partial charge on any atom is 0.306 e. The van der Waals surface area contributed by atoms with Gasteiger partial charge >= 0.3 is 17.9 Å². The summed E-state index contributed by atoms with van der Waals surface area (Å²) in [4.78, 5) is 37.5. The largest absolute Gasteiger partial charge is 0.462 e. The fourth-order valence-electron chi connectivity index (χ4n) is 5.49. The fraction of sp³-hybridized carbons (Fsp3) is 0.681. The Balaban J connectivity index is 4.50. The second-order valence-corrected chi connectivity index (χ2v) is 13.9. The highest BCUT2D eigenvalue weighted by molar-refractivity contribution is 5.71. The third-order valence-corrected chi connectivity index (χ3v) is 8.71. The van der Waals surface area contributed by atoms with E-state index in [9.17, 15) is 14.4 Å². The molecule has 0 saturated heterocycles. The second-order valence-electron chi connectivity index (χ2n) is 13.9. The van der Waals surface area contributed by atoms with Crippen LogP contribution in [0.25, 0.3) is 0 Å². The Morgan fingerprint density at radius 2 is 0.792 bits per heavy atom. The number of carbonyl (C=O) groups excluding carboxylic acids is 3. The third-order valence-electron chi connectivity index (χ3n) is 8.71. The van der Waals surface area contributed by atoms with E-state index < -0.39 is 6.10 Å². The molecule has 1 unspecified atom stereocenters. The van der Waals surface area contributed by atoms with Crippen LogP contribution in [-0.2, 0) is 28.6 Å². The smallest absolute Gasteiger partial charge is 0.306 e. The van der Waals surface area contributed by atoms with E-state index in [-0.39, 0.29) is 37.5 Å². The van der Waals surface area contributed by atoms with E-state index in [1.807, 2.05) is 12.2 Å². The lowest BCUT2D eigenvalue weighted by Crippen LogP contribution is -2.30. The van der Waals surface area contributed by atoms with Crippen LogP contribution in [-0.4, -0.2) is 37.2 Å². The van der Waals surface area contributed by atoms with E-state index in [1.165, 1.54) is 70.6 Å². The van der Waals surface area contributed by atoms with Crippen molar-refractivity contribution in [3.63, 3.8) is 0 Å². The predicted octanol–water partition coefficient (Wildman–Crippen LogP) is 13.5. The summed E-state index contributed by atoms with van der Waals surface area (Å²) in [5.41, 5.74) is 0. The molecule has 0 aromatic rings. The SMILES string of the molecule is CC/C=C\C/C=C\C/C=C\C/C=C\C/C=C\CCC(=O)OCC(COC(=O)CCC/C=C\CCCCCC)OC(=O)CCCCCCCCCCCC. The van der Waals surface area contributed by atoms with Gasteiger partial charge in [0.15, 0.2) is 6.10 Å². The molecule has 1 atom stereocenters. The molecule has 0 aliphatic carbocycles. The Kier molecular flexibility index (Phi) is 39.1. The van der Waals surface area contributed by atoms with E-state index in [4.69, 9.17) is 14.2 Å². The van der Waals surface area contributed by atoms with Gasteiger partial charge in [-0.1, -0.05) is 171 Å².